The van der Waals surface area contributed by atoms with Gasteiger partial charge in [-0.1, -0.05) is 29.8 Å². The number of carbonyl (C=O) groups is 1. The zero-order chi connectivity index (χ0) is 16.3. The van der Waals surface area contributed by atoms with Crippen LogP contribution in [-0.2, 0) is 14.3 Å². The van der Waals surface area contributed by atoms with Gasteiger partial charge in [0, 0.05) is 19.4 Å². The third kappa shape index (κ3) is 4.55. The third-order valence-corrected chi connectivity index (χ3v) is 4.90. The Bertz CT molecular complexity index is 530. The van der Waals surface area contributed by atoms with Crippen molar-refractivity contribution in [1.82, 2.24) is 5.32 Å². The molecule has 1 atom stereocenters. The zero-order valence-electron chi connectivity index (χ0n) is 14.1. The van der Waals surface area contributed by atoms with Crippen LogP contribution in [0, 0.1) is 12.8 Å². The van der Waals surface area contributed by atoms with Crippen molar-refractivity contribution < 1.29 is 14.3 Å². The number of rotatable bonds is 7. The highest BCUT2D eigenvalue weighted by Crippen LogP contribution is 2.44. The van der Waals surface area contributed by atoms with Crippen LogP contribution in [0.1, 0.15) is 49.7 Å². The molecule has 2 fully saturated rings. The van der Waals surface area contributed by atoms with Crippen LogP contribution in [-0.4, -0.2) is 31.5 Å². The van der Waals surface area contributed by atoms with Gasteiger partial charge < -0.3 is 14.8 Å². The summed E-state index contributed by atoms with van der Waals surface area (Å²) in [4.78, 5) is 12.3. The second-order valence-electron chi connectivity index (χ2n) is 6.99. The van der Waals surface area contributed by atoms with Crippen LogP contribution in [0.5, 0.6) is 0 Å². The van der Waals surface area contributed by atoms with Gasteiger partial charge in [-0.3, -0.25) is 4.79 Å². The third-order valence-electron chi connectivity index (χ3n) is 4.90. The fraction of sp³-hybridized carbons (Fsp3) is 0.632. The maximum atomic E-state index is 12.3. The molecule has 1 amide bonds. The summed E-state index contributed by atoms with van der Waals surface area (Å²) in [6, 6.07) is 8.62. The van der Waals surface area contributed by atoms with Crippen LogP contribution in [0.3, 0.4) is 0 Å². The molecule has 4 nitrogen and oxygen atoms in total. The lowest BCUT2D eigenvalue weighted by Crippen LogP contribution is -2.34. The first kappa shape index (κ1) is 16.5. The number of ether oxygens (including phenoxy) is 2. The van der Waals surface area contributed by atoms with Gasteiger partial charge in [-0.25, -0.2) is 0 Å². The fourth-order valence-corrected chi connectivity index (χ4v) is 3.27. The molecule has 0 spiro atoms. The van der Waals surface area contributed by atoms with E-state index in [1.165, 1.54) is 24.0 Å². The molecular formula is C19H27NO3. The molecule has 1 saturated heterocycles. The van der Waals surface area contributed by atoms with Gasteiger partial charge in [-0.15, -0.1) is 0 Å². The van der Waals surface area contributed by atoms with Crippen LogP contribution in [0.25, 0.3) is 0 Å². The molecule has 1 saturated carbocycles. The predicted octanol–water partition coefficient (Wildman–Crippen LogP) is 3.15. The van der Waals surface area contributed by atoms with E-state index < -0.39 is 5.79 Å². The Morgan fingerprint density at radius 1 is 1.26 bits per heavy atom. The summed E-state index contributed by atoms with van der Waals surface area (Å²) in [5.41, 5.74) is 2.56. The van der Waals surface area contributed by atoms with E-state index in [0.29, 0.717) is 44.4 Å². The first-order chi connectivity index (χ1) is 11.1. The van der Waals surface area contributed by atoms with Crippen LogP contribution in [0.4, 0.5) is 0 Å². The van der Waals surface area contributed by atoms with Gasteiger partial charge in [0.25, 0.3) is 0 Å². The number of hydrogen-bond donors (Lipinski definition) is 1. The molecule has 1 aliphatic carbocycles. The largest absolute Gasteiger partial charge is 0.356 e. The van der Waals surface area contributed by atoms with E-state index in [1.807, 2.05) is 6.92 Å². The number of aryl methyl sites for hydroxylation is 1. The lowest BCUT2D eigenvalue weighted by atomic mass is 9.90. The van der Waals surface area contributed by atoms with Gasteiger partial charge in [0.2, 0.25) is 5.91 Å². The molecule has 1 N–H and O–H groups in total. The average Bonchev–Trinajstić information content (AvgIpc) is 3.28. The first-order valence-corrected chi connectivity index (χ1v) is 8.67. The van der Waals surface area contributed by atoms with Crippen LogP contribution in [0.2, 0.25) is 0 Å². The normalized spacial score (nSPS) is 21.1. The first-order valence-electron chi connectivity index (χ1n) is 8.67. The van der Waals surface area contributed by atoms with Crippen molar-refractivity contribution >= 4 is 5.91 Å². The van der Waals surface area contributed by atoms with Crippen LogP contribution >= 0.6 is 0 Å². The van der Waals surface area contributed by atoms with Crippen LogP contribution in [0.15, 0.2) is 24.3 Å². The average molecular weight is 317 g/mol. The number of nitrogens with one attached hydrogen (secondary N) is 1. The molecule has 0 aromatic heterocycles. The Labute approximate surface area is 138 Å². The van der Waals surface area contributed by atoms with Gasteiger partial charge >= 0.3 is 0 Å². The maximum absolute atomic E-state index is 12.3. The van der Waals surface area contributed by atoms with Gasteiger partial charge in [0.05, 0.1) is 13.2 Å². The van der Waals surface area contributed by atoms with E-state index in [2.05, 4.69) is 36.5 Å². The quantitative estimate of drug-likeness (QED) is 0.840. The minimum Gasteiger partial charge on any atom is -0.356 e. The summed E-state index contributed by atoms with van der Waals surface area (Å²) in [6.45, 7) is 5.91. The Kier molecular flexibility index (Phi) is 5.02. The predicted molar refractivity (Wildman–Crippen MR) is 89.2 cm³/mol. The van der Waals surface area contributed by atoms with Crippen molar-refractivity contribution in [2.75, 3.05) is 19.8 Å². The molecule has 2 aliphatic rings. The SMILES string of the molecule is Cc1ccc(C(CC(=O)NCCC2(C)OCCO2)C2CC2)cc1. The van der Waals surface area contributed by atoms with Crippen molar-refractivity contribution in [3.8, 4) is 0 Å². The van der Waals surface area contributed by atoms with E-state index in [-0.39, 0.29) is 5.91 Å². The topological polar surface area (TPSA) is 47.6 Å². The van der Waals surface area contributed by atoms with E-state index >= 15 is 0 Å². The van der Waals surface area contributed by atoms with Crippen molar-refractivity contribution in [3.63, 3.8) is 0 Å². The van der Waals surface area contributed by atoms with E-state index in [1.54, 1.807) is 0 Å². The summed E-state index contributed by atoms with van der Waals surface area (Å²) in [5.74, 6) is 0.622. The molecule has 1 unspecified atom stereocenters. The zero-order valence-corrected chi connectivity index (χ0v) is 14.1. The van der Waals surface area contributed by atoms with Crippen molar-refractivity contribution in [2.45, 2.75) is 51.2 Å². The van der Waals surface area contributed by atoms with E-state index in [0.717, 1.165) is 0 Å². The monoisotopic (exact) mass is 317 g/mol. The van der Waals surface area contributed by atoms with E-state index in [9.17, 15) is 4.79 Å². The smallest absolute Gasteiger partial charge is 0.220 e. The molecular weight excluding hydrogens is 290 g/mol. The molecule has 1 heterocycles. The van der Waals surface area contributed by atoms with Crippen LogP contribution < -0.4 is 5.32 Å². The molecule has 23 heavy (non-hydrogen) atoms. The Morgan fingerprint density at radius 3 is 2.52 bits per heavy atom. The number of carbonyl (C=O) groups excluding carboxylic acids is 1. The maximum Gasteiger partial charge on any atom is 0.220 e. The summed E-state index contributed by atoms with van der Waals surface area (Å²) in [6.07, 6.45) is 3.75. The molecule has 0 bridgehead atoms. The Morgan fingerprint density at radius 2 is 1.91 bits per heavy atom. The highest BCUT2D eigenvalue weighted by atomic mass is 16.7. The molecule has 1 aromatic carbocycles. The highest BCUT2D eigenvalue weighted by Gasteiger charge is 2.34. The fourth-order valence-electron chi connectivity index (χ4n) is 3.27. The summed E-state index contributed by atoms with van der Waals surface area (Å²) < 4.78 is 11.1. The second-order valence-corrected chi connectivity index (χ2v) is 6.99. The summed E-state index contributed by atoms with van der Waals surface area (Å²) >= 11 is 0. The molecule has 1 aromatic rings. The van der Waals surface area contributed by atoms with Gasteiger partial charge in [0.1, 0.15) is 0 Å². The van der Waals surface area contributed by atoms with Gasteiger partial charge in [0.15, 0.2) is 5.79 Å². The number of benzene rings is 1. The molecule has 3 rings (SSSR count). The van der Waals surface area contributed by atoms with Crippen molar-refractivity contribution in [1.29, 1.82) is 0 Å². The minimum atomic E-state index is -0.528. The van der Waals surface area contributed by atoms with E-state index in [4.69, 9.17) is 9.47 Å². The van der Waals surface area contributed by atoms with Crippen molar-refractivity contribution in [3.05, 3.63) is 35.4 Å². The van der Waals surface area contributed by atoms with Gasteiger partial charge in [-0.05, 0) is 44.1 Å². The number of hydrogen-bond acceptors (Lipinski definition) is 3. The van der Waals surface area contributed by atoms with Crippen molar-refractivity contribution in [2.24, 2.45) is 5.92 Å². The molecule has 4 heteroatoms. The highest BCUT2D eigenvalue weighted by molar-refractivity contribution is 5.77. The number of amides is 1. The Balaban J connectivity index is 1.49. The molecule has 0 radical (unpaired) electrons. The van der Waals surface area contributed by atoms with Gasteiger partial charge in [-0.2, -0.15) is 0 Å². The molecule has 126 valence electrons. The summed E-state index contributed by atoms with van der Waals surface area (Å²) in [7, 11) is 0. The second kappa shape index (κ2) is 7.02. The standard InChI is InChI=1S/C19H27NO3/c1-14-3-5-15(6-4-14)17(16-7-8-16)13-18(21)20-10-9-19(2)22-11-12-23-19/h3-6,16-17H,7-13H2,1-2H3,(H,20,21). The summed E-state index contributed by atoms with van der Waals surface area (Å²) in [5, 5.41) is 3.03. The lowest BCUT2D eigenvalue weighted by molar-refractivity contribution is -0.146. The molecule has 1 aliphatic heterocycles. The minimum absolute atomic E-state index is 0.129. The lowest BCUT2D eigenvalue weighted by Gasteiger charge is -2.22. The Hall–Kier alpha value is -1.39.